The molecule has 0 spiro atoms. The van der Waals surface area contributed by atoms with Crippen LogP contribution < -0.4 is 11.1 Å². The van der Waals surface area contributed by atoms with Crippen molar-refractivity contribution in [2.75, 3.05) is 26.7 Å². The zero-order valence-corrected chi connectivity index (χ0v) is 8.13. The highest BCUT2D eigenvalue weighted by Crippen LogP contribution is 1.79. The number of hydrogen-bond donors (Lipinski definition) is 2. The van der Waals surface area contributed by atoms with Gasteiger partial charge in [0.05, 0.1) is 6.04 Å². The third-order valence-electron chi connectivity index (χ3n) is 1.75. The van der Waals surface area contributed by atoms with Crippen LogP contribution in [0.25, 0.3) is 0 Å². The molecule has 1 unspecified atom stereocenters. The van der Waals surface area contributed by atoms with E-state index >= 15 is 0 Å². The number of nitrogens with one attached hydrogen (secondary N) is 1. The Balaban J connectivity index is 3.37. The Morgan fingerprint density at radius 2 is 2.25 bits per heavy atom. The first-order valence-electron chi connectivity index (χ1n) is 4.29. The summed E-state index contributed by atoms with van der Waals surface area (Å²) >= 11 is 0. The van der Waals surface area contributed by atoms with E-state index in [1.807, 2.05) is 7.05 Å². The average molecular weight is 173 g/mol. The second kappa shape index (κ2) is 5.97. The Kier molecular flexibility index (Phi) is 5.66. The lowest BCUT2D eigenvalue weighted by molar-refractivity contribution is -0.122. The number of rotatable bonds is 5. The second-order valence-corrected chi connectivity index (χ2v) is 2.98. The third-order valence-corrected chi connectivity index (χ3v) is 1.75. The molecule has 0 aromatic rings. The van der Waals surface area contributed by atoms with E-state index in [2.05, 4.69) is 17.1 Å². The molecule has 3 N–H and O–H groups in total. The molecule has 4 nitrogen and oxygen atoms in total. The van der Waals surface area contributed by atoms with Gasteiger partial charge in [-0.15, -0.1) is 0 Å². The van der Waals surface area contributed by atoms with Crippen molar-refractivity contribution in [1.29, 1.82) is 0 Å². The van der Waals surface area contributed by atoms with E-state index in [1.165, 1.54) is 0 Å². The number of hydrogen-bond acceptors (Lipinski definition) is 3. The maximum absolute atomic E-state index is 11.0. The van der Waals surface area contributed by atoms with Crippen LogP contribution in [0, 0.1) is 0 Å². The molecule has 0 aliphatic carbocycles. The monoisotopic (exact) mass is 173 g/mol. The first-order valence-corrected chi connectivity index (χ1v) is 4.29. The van der Waals surface area contributed by atoms with Crippen LogP contribution in [0.3, 0.4) is 0 Å². The van der Waals surface area contributed by atoms with Gasteiger partial charge in [0.25, 0.3) is 0 Å². The van der Waals surface area contributed by atoms with Crippen LogP contribution in [0.2, 0.25) is 0 Å². The van der Waals surface area contributed by atoms with Crippen molar-refractivity contribution >= 4 is 5.91 Å². The molecule has 0 aromatic carbocycles. The highest BCUT2D eigenvalue weighted by atomic mass is 16.2. The fraction of sp³-hybridized carbons (Fsp3) is 0.875. The molecule has 4 heteroatoms. The summed E-state index contributed by atoms with van der Waals surface area (Å²) in [6.45, 7) is 6.29. The second-order valence-electron chi connectivity index (χ2n) is 2.98. The molecule has 0 aromatic heterocycles. The standard InChI is InChI=1S/C8H19N3O/c1-4-11(3)6-5-10-8(12)7(2)9/h7H,4-6,9H2,1-3H3,(H,10,12). The minimum atomic E-state index is -0.406. The van der Waals surface area contributed by atoms with Crippen molar-refractivity contribution in [3.63, 3.8) is 0 Å². The molecule has 72 valence electrons. The maximum Gasteiger partial charge on any atom is 0.236 e. The van der Waals surface area contributed by atoms with Gasteiger partial charge in [0.2, 0.25) is 5.91 Å². The quantitative estimate of drug-likeness (QED) is 0.584. The van der Waals surface area contributed by atoms with Crippen LogP contribution in [-0.4, -0.2) is 43.5 Å². The summed E-state index contributed by atoms with van der Waals surface area (Å²) in [5.74, 6) is -0.0838. The molecule has 1 atom stereocenters. The predicted octanol–water partition coefficient (Wildman–Crippen LogP) is -0.598. The first kappa shape index (κ1) is 11.4. The Bertz CT molecular complexity index is 136. The Morgan fingerprint density at radius 3 is 2.67 bits per heavy atom. The molecule has 0 aliphatic rings. The van der Waals surface area contributed by atoms with Gasteiger partial charge in [0, 0.05) is 13.1 Å². The molecule has 12 heavy (non-hydrogen) atoms. The summed E-state index contributed by atoms with van der Waals surface area (Å²) in [6, 6.07) is -0.406. The SMILES string of the molecule is CCN(C)CCNC(=O)C(C)N. The van der Waals surface area contributed by atoms with E-state index in [0.717, 1.165) is 13.1 Å². The third kappa shape index (κ3) is 5.09. The maximum atomic E-state index is 11.0. The van der Waals surface area contributed by atoms with Crippen molar-refractivity contribution < 1.29 is 4.79 Å². The summed E-state index contributed by atoms with van der Waals surface area (Å²) in [4.78, 5) is 13.1. The van der Waals surface area contributed by atoms with Crippen molar-refractivity contribution in [3.05, 3.63) is 0 Å². The first-order chi connectivity index (χ1) is 5.57. The predicted molar refractivity (Wildman–Crippen MR) is 49.8 cm³/mol. The minimum Gasteiger partial charge on any atom is -0.353 e. The van der Waals surface area contributed by atoms with E-state index in [1.54, 1.807) is 6.92 Å². The van der Waals surface area contributed by atoms with E-state index in [0.29, 0.717) is 6.54 Å². The summed E-state index contributed by atoms with van der Waals surface area (Å²) < 4.78 is 0. The molecular formula is C8H19N3O. The Labute approximate surface area is 74.1 Å². The van der Waals surface area contributed by atoms with Crippen LogP contribution in [0.5, 0.6) is 0 Å². The zero-order valence-electron chi connectivity index (χ0n) is 8.13. The lowest BCUT2D eigenvalue weighted by atomic mass is 10.3. The zero-order chi connectivity index (χ0) is 9.56. The lowest BCUT2D eigenvalue weighted by Gasteiger charge is -2.14. The normalized spacial score (nSPS) is 13.1. The van der Waals surface area contributed by atoms with Crippen LogP contribution in [0.15, 0.2) is 0 Å². The molecule has 0 heterocycles. The summed E-state index contributed by atoms with van der Waals surface area (Å²) in [5.41, 5.74) is 5.36. The lowest BCUT2D eigenvalue weighted by Crippen LogP contribution is -2.41. The van der Waals surface area contributed by atoms with Gasteiger partial charge in [-0.2, -0.15) is 0 Å². The van der Waals surface area contributed by atoms with Gasteiger partial charge in [-0.05, 0) is 20.5 Å². The molecule has 0 saturated carbocycles. The van der Waals surface area contributed by atoms with Crippen molar-refractivity contribution in [1.82, 2.24) is 10.2 Å². The van der Waals surface area contributed by atoms with Gasteiger partial charge >= 0.3 is 0 Å². The average Bonchev–Trinajstić information content (AvgIpc) is 2.03. The van der Waals surface area contributed by atoms with Crippen LogP contribution in [0.1, 0.15) is 13.8 Å². The molecule has 0 fully saturated rings. The van der Waals surface area contributed by atoms with Crippen molar-refractivity contribution in [3.8, 4) is 0 Å². The topological polar surface area (TPSA) is 58.4 Å². The number of carbonyl (C=O) groups excluding carboxylic acids is 1. The minimum absolute atomic E-state index is 0.0838. The van der Waals surface area contributed by atoms with Crippen molar-refractivity contribution in [2.24, 2.45) is 5.73 Å². The number of carbonyl (C=O) groups is 1. The molecule has 0 bridgehead atoms. The summed E-state index contributed by atoms with van der Waals surface area (Å²) in [7, 11) is 2.01. The number of nitrogens with two attached hydrogens (primary N) is 1. The van der Waals surface area contributed by atoms with Crippen LogP contribution in [0.4, 0.5) is 0 Å². The van der Waals surface area contributed by atoms with Gasteiger partial charge in [-0.3, -0.25) is 4.79 Å². The molecule has 1 amide bonds. The smallest absolute Gasteiger partial charge is 0.236 e. The number of nitrogens with zero attached hydrogens (tertiary/aromatic N) is 1. The van der Waals surface area contributed by atoms with Crippen LogP contribution in [-0.2, 0) is 4.79 Å². The molecule has 0 aliphatic heterocycles. The Morgan fingerprint density at radius 1 is 1.67 bits per heavy atom. The molecule has 0 radical (unpaired) electrons. The Hall–Kier alpha value is -0.610. The van der Waals surface area contributed by atoms with E-state index in [-0.39, 0.29) is 5.91 Å². The number of amides is 1. The largest absolute Gasteiger partial charge is 0.353 e. The van der Waals surface area contributed by atoms with Gasteiger partial charge in [-0.25, -0.2) is 0 Å². The molecule has 0 rings (SSSR count). The molecular weight excluding hydrogens is 154 g/mol. The van der Waals surface area contributed by atoms with Gasteiger partial charge < -0.3 is 16.0 Å². The fourth-order valence-corrected chi connectivity index (χ4v) is 0.689. The summed E-state index contributed by atoms with van der Waals surface area (Å²) in [6.07, 6.45) is 0. The number of likely N-dealkylation sites (N-methyl/N-ethyl adjacent to an activating group) is 1. The van der Waals surface area contributed by atoms with Gasteiger partial charge in [0.15, 0.2) is 0 Å². The highest BCUT2D eigenvalue weighted by molar-refractivity contribution is 5.80. The molecule has 0 saturated heterocycles. The fourth-order valence-electron chi connectivity index (χ4n) is 0.689. The van der Waals surface area contributed by atoms with Crippen molar-refractivity contribution in [2.45, 2.75) is 19.9 Å². The van der Waals surface area contributed by atoms with E-state index in [4.69, 9.17) is 5.73 Å². The van der Waals surface area contributed by atoms with Crippen LogP contribution >= 0.6 is 0 Å². The summed E-state index contributed by atoms with van der Waals surface area (Å²) in [5, 5.41) is 2.74. The van der Waals surface area contributed by atoms with Gasteiger partial charge in [-0.1, -0.05) is 6.92 Å². The van der Waals surface area contributed by atoms with Gasteiger partial charge in [0.1, 0.15) is 0 Å². The van der Waals surface area contributed by atoms with E-state index < -0.39 is 6.04 Å². The van der Waals surface area contributed by atoms with E-state index in [9.17, 15) is 4.79 Å². The highest BCUT2D eigenvalue weighted by Gasteiger charge is 2.05.